The molecule has 0 radical (unpaired) electrons. The Morgan fingerprint density at radius 2 is 2.00 bits per heavy atom. The van der Waals surface area contributed by atoms with Crippen molar-refractivity contribution in [1.82, 2.24) is 10.6 Å². The maximum Gasteiger partial charge on any atom is 0.223 e. The number of carbonyl (C=O) groups excluding carboxylic acids is 1. The van der Waals surface area contributed by atoms with Crippen LogP contribution in [0.3, 0.4) is 0 Å². The van der Waals surface area contributed by atoms with E-state index in [9.17, 15) is 4.79 Å². The minimum Gasteiger partial charge on any atom is -0.353 e. The van der Waals surface area contributed by atoms with Gasteiger partial charge in [-0.05, 0) is 45.1 Å². The summed E-state index contributed by atoms with van der Waals surface area (Å²) in [6, 6.07) is 0.923. The smallest absolute Gasteiger partial charge is 0.223 e. The Kier molecular flexibility index (Phi) is 6.34. The standard InChI is InChI=1S/C17H32N2O/c1-3-15(12-14-7-5-4-6-8-14)17(20)19-16-9-10-18-13(2)11-16/h13-16,18H,3-12H2,1-2H3,(H,19,20). The van der Waals surface area contributed by atoms with Crippen LogP contribution in [0.15, 0.2) is 0 Å². The number of hydrogen-bond acceptors (Lipinski definition) is 2. The largest absolute Gasteiger partial charge is 0.353 e. The average Bonchev–Trinajstić information content (AvgIpc) is 2.45. The van der Waals surface area contributed by atoms with E-state index in [4.69, 9.17) is 0 Å². The molecular weight excluding hydrogens is 248 g/mol. The number of amides is 1. The zero-order chi connectivity index (χ0) is 14.4. The van der Waals surface area contributed by atoms with Crippen LogP contribution in [0, 0.1) is 11.8 Å². The van der Waals surface area contributed by atoms with Crippen molar-refractivity contribution < 1.29 is 4.79 Å². The molecule has 116 valence electrons. The topological polar surface area (TPSA) is 41.1 Å². The van der Waals surface area contributed by atoms with Crippen LogP contribution < -0.4 is 10.6 Å². The van der Waals surface area contributed by atoms with E-state index >= 15 is 0 Å². The second kappa shape index (κ2) is 8.02. The number of rotatable bonds is 5. The third-order valence-corrected chi connectivity index (χ3v) is 5.18. The second-order valence-electron chi connectivity index (χ2n) is 6.93. The number of carbonyl (C=O) groups is 1. The molecule has 3 heteroatoms. The maximum atomic E-state index is 12.5. The van der Waals surface area contributed by atoms with Crippen LogP contribution in [-0.2, 0) is 4.79 Å². The molecule has 1 heterocycles. The predicted octanol–water partition coefficient (Wildman–Crippen LogP) is 3.24. The SMILES string of the molecule is CCC(CC1CCCCC1)C(=O)NC1CCNC(C)C1. The van der Waals surface area contributed by atoms with Crippen molar-refractivity contribution >= 4 is 5.91 Å². The highest BCUT2D eigenvalue weighted by Gasteiger charge is 2.26. The lowest BCUT2D eigenvalue weighted by molar-refractivity contribution is -0.126. The fourth-order valence-corrected chi connectivity index (χ4v) is 3.87. The van der Waals surface area contributed by atoms with E-state index in [-0.39, 0.29) is 5.92 Å². The third kappa shape index (κ3) is 4.76. The van der Waals surface area contributed by atoms with Gasteiger partial charge < -0.3 is 10.6 Å². The van der Waals surface area contributed by atoms with Gasteiger partial charge in [-0.2, -0.15) is 0 Å². The highest BCUT2D eigenvalue weighted by Crippen LogP contribution is 2.30. The lowest BCUT2D eigenvalue weighted by Crippen LogP contribution is -2.48. The summed E-state index contributed by atoms with van der Waals surface area (Å²) in [5.74, 6) is 1.35. The Morgan fingerprint density at radius 1 is 1.25 bits per heavy atom. The van der Waals surface area contributed by atoms with Crippen molar-refractivity contribution in [1.29, 1.82) is 0 Å². The van der Waals surface area contributed by atoms with Crippen molar-refractivity contribution in [2.75, 3.05) is 6.54 Å². The van der Waals surface area contributed by atoms with E-state index in [0.717, 1.165) is 38.1 Å². The minimum absolute atomic E-state index is 0.239. The fraction of sp³-hybridized carbons (Fsp3) is 0.941. The summed E-state index contributed by atoms with van der Waals surface area (Å²) in [5.41, 5.74) is 0. The summed E-state index contributed by atoms with van der Waals surface area (Å²) in [6.45, 7) is 5.40. The molecule has 1 aliphatic heterocycles. The van der Waals surface area contributed by atoms with E-state index < -0.39 is 0 Å². The predicted molar refractivity (Wildman–Crippen MR) is 83.6 cm³/mol. The first-order valence-corrected chi connectivity index (χ1v) is 8.72. The average molecular weight is 280 g/mol. The molecule has 20 heavy (non-hydrogen) atoms. The van der Waals surface area contributed by atoms with E-state index in [1.807, 2.05) is 0 Å². The van der Waals surface area contributed by atoms with Crippen LogP contribution in [0.1, 0.15) is 71.6 Å². The van der Waals surface area contributed by atoms with E-state index in [0.29, 0.717) is 18.0 Å². The van der Waals surface area contributed by atoms with E-state index in [2.05, 4.69) is 24.5 Å². The summed E-state index contributed by atoms with van der Waals surface area (Å²) in [6.07, 6.45) is 11.1. The Bertz CT molecular complexity index is 299. The molecular formula is C17H32N2O. The van der Waals surface area contributed by atoms with E-state index in [1.165, 1.54) is 32.1 Å². The zero-order valence-corrected chi connectivity index (χ0v) is 13.3. The molecule has 1 saturated carbocycles. The van der Waals surface area contributed by atoms with Gasteiger partial charge >= 0.3 is 0 Å². The first-order valence-electron chi connectivity index (χ1n) is 8.72. The molecule has 0 aromatic carbocycles. The van der Waals surface area contributed by atoms with Gasteiger partial charge in [0, 0.05) is 18.0 Å². The van der Waals surface area contributed by atoms with Gasteiger partial charge in [-0.1, -0.05) is 39.0 Å². The van der Waals surface area contributed by atoms with Crippen LogP contribution in [-0.4, -0.2) is 24.5 Å². The summed E-state index contributed by atoms with van der Waals surface area (Å²) in [7, 11) is 0. The van der Waals surface area contributed by atoms with Crippen molar-refractivity contribution in [3.8, 4) is 0 Å². The van der Waals surface area contributed by atoms with Gasteiger partial charge in [0.1, 0.15) is 0 Å². The molecule has 0 aromatic heterocycles. The number of nitrogens with one attached hydrogen (secondary N) is 2. The van der Waals surface area contributed by atoms with Gasteiger partial charge in [0.05, 0.1) is 0 Å². The number of piperidine rings is 1. The van der Waals surface area contributed by atoms with Gasteiger partial charge in [0.2, 0.25) is 5.91 Å². The Labute approximate surface area is 124 Å². The van der Waals surface area contributed by atoms with Crippen LogP contribution in [0.2, 0.25) is 0 Å². The molecule has 0 bridgehead atoms. The first-order chi connectivity index (χ1) is 9.69. The van der Waals surface area contributed by atoms with Crippen molar-refractivity contribution in [3.05, 3.63) is 0 Å². The quantitative estimate of drug-likeness (QED) is 0.811. The molecule has 0 aromatic rings. The fourth-order valence-electron chi connectivity index (χ4n) is 3.87. The van der Waals surface area contributed by atoms with Gasteiger partial charge in [-0.3, -0.25) is 4.79 Å². The Balaban J connectivity index is 1.78. The summed E-state index contributed by atoms with van der Waals surface area (Å²) in [4.78, 5) is 12.5. The van der Waals surface area contributed by atoms with Crippen molar-refractivity contribution in [3.63, 3.8) is 0 Å². The molecule has 3 atom stereocenters. The van der Waals surface area contributed by atoms with Gasteiger partial charge in [0.25, 0.3) is 0 Å². The lowest BCUT2D eigenvalue weighted by atomic mass is 9.81. The van der Waals surface area contributed by atoms with Crippen LogP contribution in [0.25, 0.3) is 0 Å². The Morgan fingerprint density at radius 3 is 2.65 bits per heavy atom. The van der Waals surface area contributed by atoms with Gasteiger partial charge in [-0.25, -0.2) is 0 Å². The molecule has 2 fully saturated rings. The summed E-state index contributed by atoms with van der Waals surface area (Å²) < 4.78 is 0. The van der Waals surface area contributed by atoms with Crippen LogP contribution in [0.5, 0.6) is 0 Å². The zero-order valence-electron chi connectivity index (χ0n) is 13.3. The van der Waals surface area contributed by atoms with E-state index in [1.54, 1.807) is 0 Å². The monoisotopic (exact) mass is 280 g/mol. The van der Waals surface area contributed by atoms with Gasteiger partial charge in [0.15, 0.2) is 0 Å². The third-order valence-electron chi connectivity index (χ3n) is 5.18. The van der Waals surface area contributed by atoms with Crippen molar-refractivity contribution in [2.45, 2.75) is 83.7 Å². The molecule has 2 rings (SSSR count). The summed E-state index contributed by atoms with van der Waals surface area (Å²) >= 11 is 0. The highest BCUT2D eigenvalue weighted by molar-refractivity contribution is 5.78. The minimum atomic E-state index is 0.239. The highest BCUT2D eigenvalue weighted by atomic mass is 16.1. The Hall–Kier alpha value is -0.570. The molecule has 2 N–H and O–H groups in total. The molecule has 1 amide bonds. The maximum absolute atomic E-state index is 12.5. The summed E-state index contributed by atoms with van der Waals surface area (Å²) in [5, 5.41) is 6.75. The molecule has 0 spiro atoms. The molecule has 2 aliphatic rings. The normalized spacial score (nSPS) is 29.9. The first kappa shape index (κ1) is 15.8. The van der Waals surface area contributed by atoms with Crippen molar-refractivity contribution in [2.24, 2.45) is 11.8 Å². The molecule has 1 aliphatic carbocycles. The lowest BCUT2D eigenvalue weighted by Gasteiger charge is -2.31. The number of hydrogen-bond donors (Lipinski definition) is 2. The molecule has 3 unspecified atom stereocenters. The molecule has 1 saturated heterocycles. The molecule has 3 nitrogen and oxygen atoms in total. The van der Waals surface area contributed by atoms with Crippen LogP contribution >= 0.6 is 0 Å². The van der Waals surface area contributed by atoms with Gasteiger partial charge in [-0.15, -0.1) is 0 Å². The van der Waals surface area contributed by atoms with Crippen LogP contribution in [0.4, 0.5) is 0 Å². The second-order valence-corrected chi connectivity index (χ2v) is 6.93.